The van der Waals surface area contributed by atoms with Gasteiger partial charge in [-0.05, 0) is 23.1 Å². The molecule has 0 atom stereocenters. The molecule has 0 fully saturated rings. The van der Waals surface area contributed by atoms with Crippen molar-refractivity contribution < 1.29 is 9.72 Å². The largest absolute Gasteiger partial charge is 0.321 e. The molecule has 0 radical (unpaired) electrons. The first-order valence-corrected chi connectivity index (χ1v) is 7.19. The molecule has 1 amide bonds. The molecule has 24 heavy (non-hydrogen) atoms. The summed E-state index contributed by atoms with van der Waals surface area (Å²) in [5, 5.41) is 22.9. The highest BCUT2D eigenvalue weighted by atomic mass is 16.6. The van der Waals surface area contributed by atoms with Crippen molar-refractivity contribution in [3.8, 4) is 0 Å². The Hall–Kier alpha value is -3.54. The molecule has 0 aliphatic rings. The van der Waals surface area contributed by atoms with Gasteiger partial charge in [-0.3, -0.25) is 14.9 Å². The molecule has 0 saturated heterocycles. The lowest BCUT2D eigenvalue weighted by Gasteiger charge is -2.10. The van der Waals surface area contributed by atoms with E-state index in [0.29, 0.717) is 5.69 Å². The van der Waals surface area contributed by atoms with Crippen molar-refractivity contribution in [3.63, 3.8) is 0 Å². The fourth-order valence-electron chi connectivity index (χ4n) is 2.57. The van der Waals surface area contributed by atoms with E-state index >= 15 is 0 Å². The molecular weight excluding hydrogens is 306 g/mol. The first kappa shape index (κ1) is 15.4. The lowest BCUT2D eigenvalue weighted by molar-refractivity contribution is -0.385. The molecule has 0 heterocycles. The maximum absolute atomic E-state index is 12.5. The average Bonchev–Trinajstić information content (AvgIpc) is 2.62. The van der Waals surface area contributed by atoms with Gasteiger partial charge in [0.05, 0.1) is 4.92 Å². The predicted molar refractivity (Wildman–Crippen MR) is 92.9 cm³/mol. The summed E-state index contributed by atoms with van der Waals surface area (Å²) in [6.07, 6.45) is 1.25. The van der Waals surface area contributed by atoms with Gasteiger partial charge in [0, 0.05) is 23.4 Å². The summed E-state index contributed by atoms with van der Waals surface area (Å²) in [7, 11) is 0. The summed E-state index contributed by atoms with van der Waals surface area (Å²) in [6.45, 7) is 0. The highest BCUT2D eigenvalue weighted by Gasteiger charge is 2.19. The molecule has 0 aliphatic heterocycles. The van der Waals surface area contributed by atoms with E-state index in [2.05, 4.69) is 5.32 Å². The van der Waals surface area contributed by atoms with Crippen LogP contribution in [-0.2, 0) is 0 Å². The van der Waals surface area contributed by atoms with Crippen LogP contribution in [0.25, 0.3) is 10.8 Å². The number of rotatable bonds is 4. The Kier molecular flexibility index (Phi) is 4.03. The highest BCUT2D eigenvalue weighted by Crippen LogP contribution is 2.27. The second-order valence-electron chi connectivity index (χ2n) is 5.12. The minimum Gasteiger partial charge on any atom is -0.321 e. The first-order chi connectivity index (χ1) is 11.6. The van der Waals surface area contributed by atoms with Gasteiger partial charge in [0.15, 0.2) is 0 Å². The first-order valence-electron chi connectivity index (χ1n) is 7.19. The molecule has 6 heteroatoms. The molecule has 0 spiro atoms. The molecule has 0 aromatic heterocycles. The molecule has 0 unspecified atom stereocenters. The maximum atomic E-state index is 12.5. The van der Waals surface area contributed by atoms with Crippen molar-refractivity contribution >= 4 is 34.3 Å². The van der Waals surface area contributed by atoms with Crippen LogP contribution in [0.1, 0.15) is 15.9 Å². The molecule has 6 nitrogen and oxygen atoms in total. The Balaban J connectivity index is 2.04. The van der Waals surface area contributed by atoms with Gasteiger partial charge >= 0.3 is 0 Å². The van der Waals surface area contributed by atoms with E-state index in [4.69, 9.17) is 5.41 Å². The van der Waals surface area contributed by atoms with Crippen molar-refractivity contribution in [2.24, 2.45) is 0 Å². The number of carbonyl (C=O) groups is 1. The molecule has 118 valence electrons. The Morgan fingerprint density at radius 2 is 1.67 bits per heavy atom. The Bertz CT molecular complexity index is 967. The number of hydrogen-bond donors (Lipinski definition) is 2. The van der Waals surface area contributed by atoms with Gasteiger partial charge in [-0.15, -0.1) is 0 Å². The van der Waals surface area contributed by atoms with Crippen LogP contribution in [0.4, 0.5) is 11.4 Å². The normalized spacial score (nSPS) is 10.3. The van der Waals surface area contributed by atoms with E-state index in [-0.39, 0.29) is 11.3 Å². The van der Waals surface area contributed by atoms with Crippen LogP contribution in [0, 0.1) is 15.5 Å². The minimum atomic E-state index is -0.578. The average molecular weight is 319 g/mol. The van der Waals surface area contributed by atoms with E-state index in [0.717, 1.165) is 16.3 Å². The number of amides is 1. The van der Waals surface area contributed by atoms with Crippen LogP contribution < -0.4 is 5.32 Å². The number of benzene rings is 3. The van der Waals surface area contributed by atoms with E-state index in [1.807, 2.05) is 24.3 Å². The van der Waals surface area contributed by atoms with Gasteiger partial charge in [0.1, 0.15) is 5.56 Å². The predicted octanol–water partition coefficient (Wildman–Crippen LogP) is 4.00. The third kappa shape index (κ3) is 2.72. The maximum Gasteiger partial charge on any atom is 0.282 e. The molecular formula is C18H13N3O3. The fraction of sp³-hybridized carbons (Fsp3) is 0. The van der Waals surface area contributed by atoms with E-state index in [1.165, 1.54) is 24.4 Å². The quantitative estimate of drug-likeness (QED) is 0.432. The van der Waals surface area contributed by atoms with E-state index < -0.39 is 10.8 Å². The Morgan fingerprint density at radius 3 is 2.38 bits per heavy atom. The van der Waals surface area contributed by atoms with Gasteiger partial charge in [-0.1, -0.05) is 42.5 Å². The fourth-order valence-corrected chi connectivity index (χ4v) is 2.57. The van der Waals surface area contributed by atoms with Crippen molar-refractivity contribution in [2.75, 3.05) is 5.32 Å². The zero-order valence-electron chi connectivity index (χ0n) is 12.5. The zero-order valence-corrected chi connectivity index (χ0v) is 12.5. The summed E-state index contributed by atoms with van der Waals surface area (Å²) in [6, 6.07) is 16.6. The smallest absolute Gasteiger partial charge is 0.282 e. The van der Waals surface area contributed by atoms with Crippen molar-refractivity contribution in [2.45, 2.75) is 0 Å². The summed E-state index contributed by atoms with van der Waals surface area (Å²) in [4.78, 5) is 23.0. The summed E-state index contributed by atoms with van der Waals surface area (Å²) in [5.41, 5.74) is 1.03. The third-order valence-electron chi connectivity index (χ3n) is 3.71. The number of nitrogens with zero attached hydrogens (tertiary/aromatic N) is 1. The number of fused-ring (bicyclic) bond motifs is 1. The second-order valence-corrected chi connectivity index (χ2v) is 5.12. The minimum absolute atomic E-state index is 0.00251. The van der Waals surface area contributed by atoms with Gasteiger partial charge in [0.25, 0.3) is 11.6 Å². The van der Waals surface area contributed by atoms with Crippen LogP contribution >= 0.6 is 0 Å². The van der Waals surface area contributed by atoms with Crippen LogP contribution in [-0.4, -0.2) is 17.0 Å². The molecule has 3 rings (SSSR count). The second kappa shape index (κ2) is 6.29. The number of nitrogens with one attached hydrogen (secondary N) is 2. The van der Waals surface area contributed by atoms with Crippen molar-refractivity contribution in [3.05, 3.63) is 81.9 Å². The third-order valence-corrected chi connectivity index (χ3v) is 3.71. The molecule has 0 bridgehead atoms. The summed E-state index contributed by atoms with van der Waals surface area (Å²) in [5.74, 6) is -0.546. The Morgan fingerprint density at radius 1 is 1.00 bits per heavy atom. The molecule has 3 aromatic carbocycles. The zero-order chi connectivity index (χ0) is 17.1. The summed E-state index contributed by atoms with van der Waals surface area (Å²) < 4.78 is 0. The summed E-state index contributed by atoms with van der Waals surface area (Å²) >= 11 is 0. The van der Waals surface area contributed by atoms with Crippen molar-refractivity contribution in [1.82, 2.24) is 0 Å². The van der Waals surface area contributed by atoms with E-state index in [1.54, 1.807) is 18.2 Å². The SMILES string of the molecule is N=Cc1ccc(NC(=O)c2ccccc2[N+](=O)[O-])c2ccccc12. The topological polar surface area (TPSA) is 96.1 Å². The molecule has 2 N–H and O–H groups in total. The number of hydrogen-bond acceptors (Lipinski definition) is 4. The lowest BCUT2D eigenvalue weighted by Crippen LogP contribution is -2.14. The highest BCUT2D eigenvalue weighted by molar-refractivity contribution is 6.13. The number of carbonyl (C=O) groups excluding carboxylic acids is 1. The molecule has 3 aromatic rings. The van der Waals surface area contributed by atoms with Gasteiger partial charge < -0.3 is 10.7 Å². The van der Waals surface area contributed by atoms with Crippen LogP contribution in [0.15, 0.2) is 60.7 Å². The van der Waals surface area contributed by atoms with Gasteiger partial charge in [-0.2, -0.15) is 0 Å². The van der Waals surface area contributed by atoms with Crippen LogP contribution in [0.3, 0.4) is 0 Å². The Labute approximate surface area is 137 Å². The number of para-hydroxylation sites is 1. The van der Waals surface area contributed by atoms with Crippen molar-refractivity contribution in [1.29, 1.82) is 5.41 Å². The lowest BCUT2D eigenvalue weighted by atomic mass is 10.0. The van der Waals surface area contributed by atoms with E-state index in [9.17, 15) is 14.9 Å². The van der Waals surface area contributed by atoms with Crippen LogP contribution in [0.5, 0.6) is 0 Å². The standard InChI is InChI=1S/C18H13N3O3/c19-11-12-9-10-16(14-6-2-1-5-13(12)14)20-18(22)15-7-3-4-8-17(15)21(23)24/h1-11,19H,(H,20,22). The van der Waals surface area contributed by atoms with Crippen LogP contribution in [0.2, 0.25) is 0 Å². The number of nitro groups is 1. The monoisotopic (exact) mass is 319 g/mol. The molecule has 0 aliphatic carbocycles. The number of nitro benzene ring substituents is 1. The van der Waals surface area contributed by atoms with Gasteiger partial charge in [0.2, 0.25) is 0 Å². The molecule has 0 saturated carbocycles. The van der Waals surface area contributed by atoms with Gasteiger partial charge in [-0.25, -0.2) is 0 Å². The number of anilines is 1.